The molecule has 1 aliphatic carbocycles. The second kappa shape index (κ2) is 9.95. The third-order valence-corrected chi connectivity index (χ3v) is 6.81. The van der Waals surface area contributed by atoms with Gasteiger partial charge in [0.15, 0.2) is 0 Å². The number of aromatic nitrogens is 1. The van der Waals surface area contributed by atoms with Crippen LogP contribution in [0.3, 0.4) is 0 Å². The molecule has 1 unspecified atom stereocenters. The molecular formula is C26H30N4O3. The van der Waals surface area contributed by atoms with Gasteiger partial charge in [-0.2, -0.15) is 4.91 Å². The maximum atomic E-state index is 11.1. The number of fused-ring (bicyclic) bond motifs is 1. The van der Waals surface area contributed by atoms with Gasteiger partial charge in [-0.3, -0.25) is 14.8 Å². The maximum absolute atomic E-state index is 11.1. The van der Waals surface area contributed by atoms with Crippen LogP contribution in [0.25, 0.3) is 22.5 Å². The number of nitrogens with zero attached hydrogens (tertiary/aromatic N) is 4. The van der Waals surface area contributed by atoms with Crippen molar-refractivity contribution in [1.29, 1.82) is 0 Å². The van der Waals surface area contributed by atoms with Crippen molar-refractivity contribution in [3.8, 4) is 22.5 Å². The number of hydrogen-bond donors (Lipinski definition) is 0. The number of rotatable bonds is 8. The van der Waals surface area contributed by atoms with Gasteiger partial charge in [-0.15, -0.1) is 0 Å². The lowest BCUT2D eigenvalue weighted by molar-refractivity contribution is 0.0906. The number of benzene rings is 1. The summed E-state index contributed by atoms with van der Waals surface area (Å²) in [6, 6.07) is 12.3. The largest absolute Gasteiger partial charge is 0.459 e. The van der Waals surface area contributed by atoms with Gasteiger partial charge in [0.1, 0.15) is 17.6 Å². The van der Waals surface area contributed by atoms with Crippen molar-refractivity contribution in [3.63, 3.8) is 0 Å². The molecule has 5 rings (SSSR count). The lowest BCUT2D eigenvalue weighted by atomic mass is 9.99. The summed E-state index contributed by atoms with van der Waals surface area (Å²) < 4.78 is 11.7. The van der Waals surface area contributed by atoms with Crippen LogP contribution >= 0.6 is 0 Å². The van der Waals surface area contributed by atoms with Crippen molar-refractivity contribution in [2.45, 2.75) is 25.4 Å². The van der Waals surface area contributed by atoms with E-state index in [-0.39, 0.29) is 6.04 Å². The second-order valence-electron chi connectivity index (χ2n) is 8.88. The van der Waals surface area contributed by atoms with E-state index in [1.54, 1.807) is 7.11 Å². The molecule has 0 radical (unpaired) electrons. The van der Waals surface area contributed by atoms with Crippen molar-refractivity contribution < 1.29 is 9.15 Å². The number of aryl methyl sites for hydroxylation is 1. The second-order valence-corrected chi connectivity index (χ2v) is 8.88. The monoisotopic (exact) mass is 446 g/mol. The van der Waals surface area contributed by atoms with Gasteiger partial charge >= 0.3 is 0 Å². The summed E-state index contributed by atoms with van der Waals surface area (Å²) in [4.78, 5) is 20.2. The number of hydrogen-bond acceptors (Lipinski definition) is 7. The fraction of sp³-hybridized carbons (Fsp3) is 0.423. The quantitative estimate of drug-likeness (QED) is 0.474. The first-order valence-electron chi connectivity index (χ1n) is 11.7. The SMILES string of the molecule is COCCN1CCN(Cc2cc(-c3ccncc3)c(-c3ccc4c(c3)CCC4N=O)o2)CC1. The summed E-state index contributed by atoms with van der Waals surface area (Å²) in [5, 5.41) is 3.29. The van der Waals surface area contributed by atoms with E-state index in [1.165, 1.54) is 5.56 Å². The Bertz CT molecular complexity index is 1090. The number of pyridine rings is 1. The topological polar surface area (TPSA) is 71.2 Å². The van der Waals surface area contributed by atoms with Crippen LogP contribution in [0.1, 0.15) is 29.3 Å². The minimum atomic E-state index is -0.219. The molecule has 33 heavy (non-hydrogen) atoms. The van der Waals surface area contributed by atoms with E-state index < -0.39 is 0 Å². The van der Waals surface area contributed by atoms with Gasteiger partial charge < -0.3 is 9.15 Å². The normalized spacial score (nSPS) is 19.0. The number of piperazine rings is 1. The average molecular weight is 447 g/mol. The van der Waals surface area contributed by atoms with Gasteiger partial charge in [0.25, 0.3) is 0 Å². The van der Waals surface area contributed by atoms with E-state index in [2.05, 4.69) is 38.2 Å². The summed E-state index contributed by atoms with van der Waals surface area (Å²) >= 11 is 0. The lowest BCUT2D eigenvalue weighted by Gasteiger charge is -2.34. The van der Waals surface area contributed by atoms with Crippen molar-refractivity contribution in [2.24, 2.45) is 5.18 Å². The third kappa shape index (κ3) is 4.76. The minimum absolute atomic E-state index is 0.219. The smallest absolute Gasteiger partial charge is 0.142 e. The number of ether oxygens (including phenoxy) is 1. The Morgan fingerprint density at radius 3 is 2.61 bits per heavy atom. The Morgan fingerprint density at radius 2 is 1.85 bits per heavy atom. The first-order chi connectivity index (χ1) is 16.2. The highest BCUT2D eigenvalue weighted by Crippen LogP contribution is 2.40. The summed E-state index contributed by atoms with van der Waals surface area (Å²) in [7, 11) is 1.75. The molecule has 0 N–H and O–H groups in total. The van der Waals surface area contributed by atoms with Crippen molar-refractivity contribution in [3.05, 3.63) is 70.6 Å². The molecule has 172 valence electrons. The van der Waals surface area contributed by atoms with Crippen LogP contribution in [0.4, 0.5) is 0 Å². The lowest BCUT2D eigenvalue weighted by Crippen LogP contribution is -2.46. The Labute approximate surface area is 194 Å². The van der Waals surface area contributed by atoms with Crippen LogP contribution in [0.2, 0.25) is 0 Å². The fourth-order valence-corrected chi connectivity index (χ4v) is 4.94. The zero-order valence-electron chi connectivity index (χ0n) is 19.1. The van der Waals surface area contributed by atoms with Crippen LogP contribution in [-0.2, 0) is 17.7 Å². The van der Waals surface area contributed by atoms with Gasteiger partial charge in [0.05, 0.1) is 13.2 Å². The predicted molar refractivity (Wildman–Crippen MR) is 128 cm³/mol. The van der Waals surface area contributed by atoms with E-state index in [1.807, 2.05) is 30.6 Å². The molecule has 7 nitrogen and oxygen atoms in total. The fourth-order valence-electron chi connectivity index (χ4n) is 4.94. The van der Waals surface area contributed by atoms with E-state index in [4.69, 9.17) is 9.15 Å². The Morgan fingerprint density at radius 1 is 1.06 bits per heavy atom. The number of furan rings is 1. The van der Waals surface area contributed by atoms with Crippen LogP contribution < -0.4 is 0 Å². The average Bonchev–Trinajstić information content (AvgIpc) is 3.47. The Kier molecular flexibility index (Phi) is 6.62. The summed E-state index contributed by atoms with van der Waals surface area (Å²) in [6.45, 7) is 6.68. The molecule has 1 fully saturated rings. The third-order valence-electron chi connectivity index (χ3n) is 6.81. The molecule has 0 bridgehead atoms. The van der Waals surface area contributed by atoms with E-state index in [0.717, 1.165) is 92.5 Å². The highest BCUT2D eigenvalue weighted by atomic mass is 16.5. The molecule has 0 amide bonds. The zero-order chi connectivity index (χ0) is 22.6. The van der Waals surface area contributed by atoms with Gasteiger partial charge in [0.2, 0.25) is 0 Å². The summed E-state index contributed by atoms with van der Waals surface area (Å²) in [6.07, 6.45) is 5.30. The van der Waals surface area contributed by atoms with Gasteiger partial charge in [-0.25, -0.2) is 0 Å². The molecule has 2 aromatic heterocycles. The van der Waals surface area contributed by atoms with Crippen LogP contribution in [-0.4, -0.2) is 61.2 Å². The van der Waals surface area contributed by atoms with Gasteiger partial charge in [-0.1, -0.05) is 17.3 Å². The van der Waals surface area contributed by atoms with Crippen molar-refractivity contribution >= 4 is 0 Å². The molecule has 0 spiro atoms. The van der Waals surface area contributed by atoms with Crippen LogP contribution in [0.5, 0.6) is 0 Å². The van der Waals surface area contributed by atoms with E-state index in [0.29, 0.717) is 0 Å². The Hall–Kier alpha value is -2.87. The molecule has 2 aliphatic rings. The zero-order valence-corrected chi connectivity index (χ0v) is 19.1. The summed E-state index contributed by atoms with van der Waals surface area (Å²) in [5.74, 6) is 1.84. The van der Waals surface area contributed by atoms with Crippen molar-refractivity contribution in [2.75, 3.05) is 46.4 Å². The molecule has 1 aromatic carbocycles. The first kappa shape index (κ1) is 21.9. The van der Waals surface area contributed by atoms with Crippen LogP contribution in [0, 0.1) is 4.91 Å². The van der Waals surface area contributed by atoms with Gasteiger partial charge in [-0.05, 0) is 53.8 Å². The van der Waals surface area contributed by atoms with Crippen LogP contribution in [0.15, 0.2) is 58.4 Å². The molecule has 1 aliphatic heterocycles. The molecule has 0 saturated carbocycles. The minimum Gasteiger partial charge on any atom is -0.459 e. The number of methoxy groups -OCH3 is 1. The molecule has 3 heterocycles. The standard InChI is InChI=1S/C26H30N4O3/c1-32-15-14-29-10-12-30(13-11-29)18-22-17-24(19-6-8-27-9-7-19)26(33-22)21-2-4-23-20(16-21)3-5-25(23)28-31/h2,4,6-9,16-17,25H,3,5,10-15,18H2,1H3. The Balaban J connectivity index is 1.40. The molecule has 7 heteroatoms. The van der Waals surface area contributed by atoms with Gasteiger partial charge in [0, 0.05) is 63.4 Å². The van der Waals surface area contributed by atoms with Crippen molar-refractivity contribution in [1.82, 2.24) is 14.8 Å². The van der Waals surface area contributed by atoms with E-state index in [9.17, 15) is 4.91 Å². The summed E-state index contributed by atoms with van der Waals surface area (Å²) in [5.41, 5.74) is 5.46. The maximum Gasteiger partial charge on any atom is 0.142 e. The molecule has 3 aromatic rings. The first-order valence-corrected chi connectivity index (χ1v) is 11.7. The molecule has 1 saturated heterocycles. The number of nitroso groups, excluding NO2 is 1. The predicted octanol–water partition coefficient (Wildman–Crippen LogP) is 4.53. The molecular weight excluding hydrogens is 416 g/mol. The highest BCUT2D eigenvalue weighted by molar-refractivity contribution is 5.80. The molecule has 1 atom stereocenters. The van der Waals surface area contributed by atoms with E-state index >= 15 is 0 Å². The highest BCUT2D eigenvalue weighted by Gasteiger charge is 2.25.